The SMILES string of the molecule is C=CC(C)=CC=O. The fraction of sp³-hybridized carbons (Fsp3) is 0.167. The van der Waals surface area contributed by atoms with Crippen LogP contribution in [0.3, 0.4) is 0 Å². The Kier molecular flexibility index (Phi) is 2.94. The Labute approximate surface area is 43.3 Å². The van der Waals surface area contributed by atoms with Crippen LogP contribution in [0.15, 0.2) is 24.3 Å². The van der Waals surface area contributed by atoms with Gasteiger partial charge in [-0.2, -0.15) is 0 Å². The first-order valence-corrected chi connectivity index (χ1v) is 2.05. The third-order valence-corrected chi connectivity index (χ3v) is 0.653. The van der Waals surface area contributed by atoms with Crippen molar-refractivity contribution in [2.45, 2.75) is 6.92 Å². The summed E-state index contributed by atoms with van der Waals surface area (Å²) in [6.45, 7) is 5.27. The van der Waals surface area contributed by atoms with Gasteiger partial charge in [0.2, 0.25) is 0 Å². The van der Waals surface area contributed by atoms with Crippen molar-refractivity contribution < 1.29 is 4.79 Å². The number of carbonyl (C=O) groups is 1. The predicted octanol–water partition coefficient (Wildman–Crippen LogP) is 1.32. The van der Waals surface area contributed by atoms with E-state index in [9.17, 15) is 4.79 Å². The Morgan fingerprint density at radius 2 is 2.29 bits per heavy atom. The second-order valence-electron chi connectivity index (χ2n) is 1.25. The van der Waals surface area contributed by atoms with Gasteiger partial charge in [0, 0.05) is 0 Å². The zero-order chi connectivity index (χ0) is 5.70. The highest BCUT2D eigenvalue weighted by molar-refractivity contribution is 5.66. The Bertz CT molecular complexity index is 101. The van der Waals surface area contributed by atoms with Gasteiger partial charge in [-0.05, 0) is 18.6 Å². The topological polar surface area (TPSA) is 17.1 Å². The van der Waals surface area contributed by atoms with Crippen molar-refractivity contribution in [1.82, 2.24) is 0 Å². The molecule has 0 bridgehead atoms. The fourth-order valence-electron chi connectivity index (χ4n) is 0.175. The molecule has 0 amide bonds. The zero-order valence-electron chi connectivity index (χ0n) is 4.35. The van der Waals surface area contributed by atoms with Gasteiger partial charge in [-0.1, -0.05) is 12.7 Å². The second-order valence-corrected chi connectivity index (χ2v) is 1.25. The molecule has 0 saturated heterocycles. The summed E-state index contributed by atoms with van der Waals surface area (Å²) in [4.78, 5) is 9.65. The Morgan fingerprint density at radius 3 is 2.43 bits per heavy atom. The maximum Gasteiger partial charge on any atom is 0.143 e. The van der Waals surface area contributed by atoms with Crippen LogP contribution >= 0.6 is 0 Å². The number of hydrogen-bond donors (Lipinski definition) is 0. The average molecular weight is 96.1 g/mol. The molecular weight excluding hydrogens is 88.1 g/mol. The summed E-state index contributed by atoms with van der Waals surface area (Å²) in [6, 6.07) is 0. The standard InChI is InChI=1S/C6H8O/c1-3-6(2)4-5-7/h3-5H,1H2,2H3. The molecule has 0 aromatic heterocycles. The highest BCUT2D eigenvalue weighted by atomic mass is 16.1. The molecule has 0 N–H and O–H groups in total. The summed E-state index contributed by atoms with van der Waals surface area (Å²) in [5.74, 6) is 0. The molecular formula is C6H8O. The summed E-state index contributed by atoms with van der Waals surface area (Å²) < 4.78 is 0. The van der Waals surface area contributed by atoms with Gasteiger partial charge in [0.05, 0.1) is 0 Å². The van der Waals surface area contributed by atoms with Gasteiger partial charge in [-0.3, -0.25) is 4.79 Å². The molecule has 0 fully saturated rings. The molecule has 7 heavy (non-hydrogen) atoms. The minimum atomic E-state index is 0.747. The minimum absolute atomic E-state index is 0.747. The lowest BCUT2D eigenvalue weighted by molar-refractivity contribution is -0.104. The molecule has 0 heterocycles. The first kappa shape index (κ1) is 6.15. The molecule has 0 rings (SSSR count). The number of hydrogen-bond acceptors (Lipinski definition) is 1. The second kappa shape index (κ2) is 3.34. The van der Waals surface area contributed by atoms with Crippen LogP contribution in [-0.2, 0) is 4.79 Å². The van der Waals surface area contributed by atoms with E-state index in [1.807, 2.05) is 6.92 Å². The van der Waals surface area contributed by atoms with Crippen molar-refractivity contribution in [3.63, 3.8) is 0 Å². The largest absolute Gasteiger partial charge is 0.299 e. The van der Waals surface area contributed by atoms with E-state index in [1.165, 1.54) is 6.08 Å². The Morgan fingerprint density at radius 1 is 1.71 bits per heavy atom. The van der Waals surface area contributed by atoms with E-state index >= 15 is 0 Å². The van der Waals surface area contributed by atoms with Crippen LogP contribution < -0.4 is 0 Å². The van der Waals surface area contributed by atoms with E-state index < -0.39 is 0 Å². The van der Waals surface area contributed by atoms with Gasteiger partial charge >= 0.3 is 0 Å². The molecule has 0 spiro atoms. The fourth-order valence-corrected chi connectivity index (χ4v) is 0.175. The first-order chi connectivity index (χ1) is 3.31. The summed E-state index contributed by atoms with van der Waals surface area (Å²) in [7, 11) is 0. The van der Waals surface area contributed by atoms with E-state index in [0.717, 1.165) is 11.9 Å². The highest BCUT2D eigenvalue weighted by Gasteiger charge is 1.71. The maximum atomic E-state index is 9.65. The van der Waals surface area contributed by atoms with Gasteiger partial charge in [0.25, 0.3) is 0 Å². The summed E-state index contributed by atoms with van der Waals surface area (Å²) in [5, 5.41) is 0. The van der Waals surface area contributed by atoms with Gasteiger partial charge in [0.1, 0.15) is 6.29 Å². The molecule has 0 saturated carbocycles. The summed E-state index contributed by atoms with van der Waals surface area (Å²) in [6.07, 6.45) is 3.85. The van der Waals surface area contributed by atoms with Crippen LogP contribution in [-0.4, -0.2) is 6.29 Å². The monoisotopic (exact) mass is 96.1 g/mol. The molecule has 0 aromatic carbocycles. The molecule has 0 atom stereocenters. The molecule has 0 aliphatic rings. The lowest BCUT2D eigenvalue weighted by atomic mass is 10.3. The quantitative estimate of drug-likeness (QED) is 0.288. The van der Waals surface area contributed by atoms with Crippen LogP contribution in [0.1, 0.15) is 6.92 Å². The summed E-state index contributed by atoms with van der Waals surface area (Å²) in [5.41, 5.74) is 0.898. The lowest BCUT2D eigenvalue weighted by Gasteiger charge is -1.78. The van der Waals surface area contributed by atoms with Crippen LogP contribution in [0.25, 0.3) is 0 Å². The van der Waals surface area contributed by atoms with E-state index in [-0.39, 0.29) is 0 Å². The van der Waals surface area contributed by atoms with Crippen molar-refractivity contribution in [2.75, 3.05) is 0 Å². The van der Waals surface area contributed by atoms with Crippen LogP contribution in [0.2, 0.25) is 0 Å². The van der Waals surface area contributed by atoms with Crippen LogP contribution in [0, 0.1) is 0 Å². The van der Waals surface area contributed by atoms with E-state index in [0.29, 0.717) is 0 Å². The van der Waals surface area contributed by atoms with Gasteiger partial charge in [-0.25, -0.2) is 0 Å². The van der Waals surface area contributed by atoms with E-state index in [1.54, 1.807) is 6.08 Å². The number of rotatable bonds is 2. The lowest BCUT2D eigenvalue weighted by Crippen LogP contribution is -1.65. The molecule has 1 nitrogen and oxygen atoms in total. The highest BCUT2D eigenvalue weighted by Crippen LogP contribution is 1.87. The third kappa shape index (κ3) is 2.97. The number of allylic oxidation sites excluding steroid dienone is 3. The van der Waals surface area contributed by atoms with E-state index in [2.05, 4.69) is 6.58 Å². The molecule has 0 aromatic rings. The Hall–Kier alpha value is -0.850. The Balaban J connectivity index is 3.72. The van der Waals surface area contributed by atoms with Crippen molar-refractivity contribution in [3.8, 4) is 0 Å². The third-order valence-electron chi connectivity index (χ3n) is 0.653. The minimum Gasteiger partial charge on any atom is -0.299 e. The van der Waals surface area contributed by atoms with Crippen molar-refractivity contribution >= 4 is 6.29 Å². The van der Waals surface area contributed by atoms with Crippen molar-refractivity contribution in [3.05, 3.63) is 24.3 Å². The average Bonchev–Trinajstić information content (AvgIpc) is 1.68. The normalized spacial score (nSPS) is 10.7. The van der Waals surface area contributed by atoms with Gasteiger partial charge in [-0.15, -0.1) is 0 Å². The van der Waals surface area contributed by atoms with Crippen LogP contribution in [0.4, 0.5) is 0 Å². The maximum absolute atomic E-state index is 9.65. The van der Waals surface area contributed by atoms with Crippen molar-refractivity contribution in [2.24, 2.45) is 0 Å². The first-order valence-electron chi connectivity index (χ1n) is 2.05. The number of aldehydes is 1. The zero-order valence-corrected chi connectivity index (χ0v) is 4.35. The molecule has 0 radical (unpaired) electrons. The summed E-state index contributed by atoms with van der Waals surface area (Å²) >= 11 is 0. The smallest absolute Gasteiger partial charge is 0.143 e. The number of carbonyl (C=O) groups excluding carboxylic acids is 1. The molecule has 0 aliphatic carbocycles. The predicted molar refractivity (Wildman–Crippen MR) is 30.0 cm³/mol. The van der Waals surface area contributed by atoms with Gasteiger partial charge < -0.3 is 0 Å². The van der Waals surface area contributed by atoms with Crippen molar-refractivity contribution in [1.29, 1.82) is 0 Å². The van der Waals surface area contributed by atoms with Crippen LogP contribution in [0.5, 0.6) is 0 Å². The molecule has 0 aliphatic heterocycles. The van der Waals surface area contributed by atoms with E-state index in [4.69, 9.17) is 0 Å². The molecule has 38 valence electrons. The molecule has 0 unspecified atom stereocenters. The molecule has 1 heteroatoms. The van der Waals surface area contributed by atoms with Gasteiger partial charge in [0.15, 0.2) is 0 Å².